The lowest BCUT2D eigenvalue weighted by atomic mass is 9.81. The topological polar surface area (TPSA) is 98.3 Å². The third-order valence-electron chi connectivity index (χ3n) is 3.97. The molecule has 0 saturated heterocycles. The van der Waals surface area contributed by atoms with E-state index in [0.29, 0.717) is 12.5 Å². The van der Waals surface area contributed by atoms with Gasteiger partial charge in [0.1, 0.15) is 5.69 Å². The molecule has 21 heavy (non-hydrogen) atoms. The molecule has 1 aliphatic carbocycles. The second-order valence-corrected chi connectivity index (χ2v) is 5.80. The fourth-order valence-electron chi connectivity index (χ4n) is 2.66. The summed E-state index contributed by atoms with van der Waals surface area (Å²) in [4.78, 5) is 22.7. The Labute approximate surface area is 127 Å². The van der Waals surface area contributed by atoms with Crippen LogP contribution in [0.3, 0.4) is 0 Å². The fraction of sp³-hybridized carbons (Fsp3) is 0.500. The van der Waals surface area contributed by atoms with Crippen LogP contribution >= 0.6 is 11.6 Å². The Kier molecular flexibility index (Phi) is 5.14. The molecular weight excluding hydrogens is 294 g/mol. The number of anilines is 1. The molecule has 1 aromatic carbocycles. The first kappa shape index (κ1) is 15.7. The molecule has 114 valence electrons. The lowest BCUT2D eigenvalue weighted by Gasteiger charge is -2.26. The van der Waals surface area contributed by atoms with Crippen LogP contribution in [0.15, 0.2) is 18.2 Å². The number of hydrogen-bond donors (Lipinski definition) is 2. The van der Waals surface area contributed by atoms with Crippen molar-refractivity contribution in [3.05, 3.63) is 33.3 Å². The van der Waals surface area contributed by atoms with Gasteiger partial charge in [-0.2, -0.15) is 0 Å². The van der Waals surface area contributed by atoms with Gasteiger partial charge in [0, 0.05) is 17.0 Å². The standard InChI is InChI=1S/C14H18ClN3O3/c15-11-5-6-12(13(7-11)18(20)21)17-14(19)10-3-1-9(8-16)2-4-10/h5-7,9-10H,1-4,8,16H2,(H,17,19). The maximum absolute atomic E-state index is 12.2. The summed E-state index contributed by atoms with van der Waals surface area (Å²) in [7, 11) is 0. The Balaban J connectivity index is 2.05. The lowest BCUT2D eigenvalue weighted by Crippen LogP contribution is -2.29. The third kappa shape index (κ3) is 3.92. The highest BCUT2D eigenvalue weighted by Crippen LogP contribution is 2.31. The van der Waals surface area contributed by atoms with Crippen molar-refractivity contribution in [3.63, 3.8) is 0 Å². The average Bonchev–Trinajstić information content (AvgIpc) is 2.49. The maximum atomic E-state index is 12.2. The highest BCUT2D eigenvalue weighted by molar-refractivity contribution is 6.31. The van der Waals surface area contributed by atoms with Crippen molar-refractivity contribution in [1.82, 2.24) is 0 Å². The average molecular weight is 312 g/mol. The molecule has 1 fully saturated rings. The second-order valence-electron chi connectivity index (χ2n) is 5.36. The zero-order valence-corrected chi connectivity index (χ0v) is 12.3. The molecule has 0 atom stereocenters. The first-order chi connectivity index (χ1) is 10.0. The van der Waals surface area contributed by atoms with Crippen LogP contribution in [0.2, 0.25) is 5.02 Å². The Hall–Kier alpha value is -1.66. The number of carbonyl (C=O) groups excluding carboxylic acids is 1. The molecule has 1 aliphatic rings. The lowest BCUT2D eigenvalue weighted by molar-refractivity contribution is -0.383. The Morgan fingerprint density at radius 3 is 2.62 bits per heavy atom. The van der Waals surface area contributed by atoms with Crippen molar-refractivity contribution >= 4 is 28.9 Å². The summed E-state index contributed by atoms with van der Waals surface area (Å²) in [6.07, 6.45) is 3.40. The molecule has 2 rings (SSSR count). The SMILES string of the molecule is NCC1CCC(C(=O)Nc2ccc(Cl)cc2[N+](=O)[O-])CC1. The van der Waals surface area contributed by atoms with Gasteiger partial charge in [-0.15, -0.1) is 0 Å². The molecule has 1 saturated carbocycles. The van der Waals surface area contributed by atoms with Crippen molar-refractivity contribution in [3.8, 4) is 0 Å². The second kappa shape index (κ2) is 6.87. The molecule has 0 unspecified atom stereocenters. The van der Waals surface area contributed by atoms with Gasteiger partial charge < -0.3 is 11.1 Å². The molecule has 0 bridgehead atoms. The predicted octanol–water partition coefficient (Wildman–Crippen LogP) is 2.95. The number of amides is 1. The summed E-state index contributed by atoms with van der Waals surface area (Å²) in [6.45, 7) is 0.650. The highest BCUT2D eigenvalue weighted by Gasteiger charge is 2.27. The van der Waals surface area contributed by atoms with E-state index in [-0.39, 0.29) is 28.2 Å². The quantitative estimate of drug-likeness (QED) is 0.659. The van der Waals surface area contributed by atoms with E-state index in [1.165, 1.54) is 18.2 Å². The summed E-state index contributed by atoms with van der Waals surface area (Å²) < 4.78 is 0. The molecule has 0 aromatic heterocycles. The van der Waals surface area contributed by atoms with Crippen LogP contribution in [0.4, 0.5) is 11.4 Å². The summed E-state index contributed by atoms with van der Waals surface area (Å²) in [5.74, 6) is 0.206. The molecule has 0 spiro atoms. The Bertz CT molecular complexity index is 542. The summed E-state index contributed by atoms with van der Waals surface area (Å²) in [5, 5.41) is 13.9. The van der Waals surface area contributed by atoms with Gasteiger partial charge in [-0.05, 0) is 50.3 Å². The molecule has 0 aliphatic heterocycles. The van der Waals surface area contributed by atoms with Crippen LogP contribution in [0.1, 0.15) is 25.7 Å². The molecule has 3 N–H and O–H groups in total. The van der Waals surface area contributed by atoms with Crippen LogP contribution in [-0.4, -0.2) is 17.4 Å². The molecule has 0 heterocycles. The number of nitrogens with two attached hydrogens (primary N) is 1. The van der Waals surface area contributed by atoms with Crippen LogP contribution in [-0.2, 0) is 4.79 Å². The van der Waals surface area contributed by atoms with Gasteiger partial charge >= 0.3 is 0 Å². The van der Waals surface area contributed by atoms with Crippen molar-refractivity contribution < 1.29 is 9.72 Å². The summed E-state index contributed by atoms with van der Waals surface area (Å²) >= 11 is 5.75. The minimum Gasteiger partial charge on any atom is -0.330 e. The number of hydrogen-bond acceptors (Lipinski definition) is 4. The van der Waals surface area contributed by atoms with Crippen molar-refractivity contribution in [2.45, 2.75) is 25.7 Å². The van der Waals surface area contributed by atoms with E-state index in [1.807, 2.05) is 0 Å². The Morgan fingerprint density at radius 2 is 2.05 bits per heavy atom. The summed E-state index contributed by atoms with van der Waals surface area (Å²) in [6, 6.07) is 4.22. The van der Waals surface area contributed by atoms with Gasteiger partial charge in [-0.1, -0.05) is 11.6 Å². The van der Waals surface area contributed by atoms with E-state index in [0.717, 1.165) is 25.7 Å². The third-order valence-corrected chi connectivity index (χ3v) is 4.20. The monoisotopic (exact) mass is 311 g/mol. The number of nitrogens with zero attached hydrogens (tertiary/aromatic N) is 1. The predicted molar refractivity (Wildman–Crippen MR) is 81.2 cm³/mol. The van der Waals surface area contributed by atoms with E-state index in [2.05, 4.69) is 5.32 Å². The number of nitro benzene ring substituents is 1. The van der Waals surface area contributed by atoms with Gasteiger partial charge in [0.05, 0.1) is 4.92 Å². The van der Waals surface area contributed by atoms with Crippen LogP contribution in [0.5, 0.6) is 0 Å². The van der Waals surface area contributed by atoms with Crippen LogP contribution < -0.4 is 11.1 Å². The molecule has 0 radical (unpaired) electrons. The van der Waals surface area contributed by atoms with Crippen molar-refractivity contribution in [1.29, 1.82) is 0 Å². The smallest absolute Gasteiger partial charge is 0.294 e. The Morgan fingerprint density at radius 1 is 1.38 bits per heavy atom. The molecule has 1 aromatic rings. The molecule has 7 heteroatoms. The summed E-state index contributed by atoms with van der Waals surface area (Å²) in [5.41, 5.74) is 5.63. The van der Waals surface area contributed by atoms with Gasteiger partial charge in [-0.25, -0.2) is 0 Å². The first-order valence-electron chi connectivity index (χ1n) is 6.96. The number of rotatable bonds is 4. The normalized spacial score (nSPS) is 21.8. The first-order valence-corrected chi connectivity index (χ1v) is 7.34. The fourth-order valence-corrected chi connectivity index (χ4v) is 2.82. The molecular formula is C14H18ClN3O3. The minimum atomic E-state index is -0.549. The minimum absolute atomic E-state index is 0.108. The van der Waals surface area contributed by atoms with Gasteiger partial charge in [-0.3, -0.25) is 14.9 Å². The largest absolute Gasteiger partial charge is 0.330 e. The number of halogens is 1. The molecule has 1 amide bonds. The van der Waals surface area contributed by atoms with Crippen LogP contribution in [0.25, 0.3) is 0 Å². The zero-order chi connectivity index (χ0) is 15.4. The number of carbonyl (C=O) groups is 1. The van der Waals surface area contributed by atoms with E-state index >= 15 is 0 Å². The van der Waals surface area contributed by atoms with E-state index in [1.54, 1.807) is 0 Å². The van der Waals surface area contributed by atoms with E-state index in [9.17, 15) is 14.9 Å². The van der Waals surface area contributed by atoms with Crippen molar-refractivity contribution in [2.75, 3.05) is 11.9 Å². The molecule has 6 nitrogen and oxygen atoms in total. The van der Waals surface area contributed by atoms with Gasteiger partial charge in [0.25, 0.3) is 5.69 Å². The van der Waals surface area contributed by atoms with Gasteiger partial charge in [0.2, 0.25) is 5.91 Å². The maximum Gasteiger partial charge on any atom is 0.294 e. The van der Waals surface area contributed by atoms with Gasteiger partial charge in [0.15, 0.2) is 0 Å². The zero-order valence-electron chi connectivity index (χ0n) is 11.5. The van der Waals surface area contributed by atoms with E-state index in [4.69, 9.17) is 17.3 Å². The van der Waals surface area contributed by atoms with Crippen LogP contribution in [0, 0.1) is 22.0 Å². The highest BCUT2D eigenvalue weighted by atomic mass is 35.5. The number of nitro groups is 1. The number of benzene rings is 1. The number of nitrogens with one attached hydrogen (secondary N) is 1. The van der Waals surface area contributed by atoms with Crippen molar-refractivity contribution in [2.24, 2.45) is 17.6 Å². The van der Waals surface area contributed by atoms with E-state index < -0.39 is 4.92 Å².